The summed E-state index contributed by atoms with van der Waals surface area (Å²) < 4.78 is 24.5. The molecule has 0 aliphatic carbocycles. The van der Waals surface area contributed by atoms with Crippen molar-refractivity contribution in [2.75, 3.05) is 0 Å². The van der Waals surface area contributed by atoms with Crippen LogP contribution < -0.4 is 0 Å². The van der Waals surface area contributed by atoms with Gasteiger partial charge < -0.3 is 0 Å². The third-order valence-electron chi connectivity index (χ3n) is 2.42. The maximum absolute atomic E-state index is 12.3. The number of sulfone groups is 1. The number of rotatable bonds is 2. The first kappa shape index (κ1) is 12.1. The summed E-state index contributed by atoms with van der Waals surface area (Å²) in [5, 5.41) is 0.521. The molecule has 2 aromatic carbocycles. The summed E-state index contributed by atoms with van der Waals surface area (Å²) in [6.07, 6.45) is 0. The molecule has 0 atom stereocenters. The van der Waals surface area contributed by atoms with E-state index in [4.69, 9.17) is 11.6 Å². The van der Waals surface area contributed by atoms with Gasteiger partial charge in [0.1, 0.15) is 0 Å². The molecule has 0 spiro atoms. The van der Waals surface area contributed by atoms with Gasteiger partial charge in [0.25, 0.3) is 0 Å². The molecule has 88 valence electrons. The summed E-state index contributed by atoms with van der Waals surface area (Å²) >= 11 is 5.74. The van der Waals surface area contributed by atoms with Crippen molar-refractivity contribution in [2.45, 2.75) is 16.7 Å². The molecule has 0 unspecified atom stereocenters. The van der Waals surface area contributed by atoms with Gasteiger partial charge in [-0.3, -0.25) is 0 Å². The van der Waals surface area contributed by atoms with Gasteiger partial charge in [0.15, 0.2) is 0 Å². The summed E-state index contributed by atoms with van der Waals surface area (Å²) in [6.45, 7) is 1.86. The molecule has 0 aliphatic heterocycles. The average Bonchev–Trinajstić information content (AvgIpc) is 2.29. The highest BCUT2D eigenvalue weighted by Crippen LogP contribution is 2.22. The van der Waals surface area contributed by atoms with Crippen molar-refractivity contribution in [3.8, 4) is 0 Å². The van der Waals surface area contributed by atoms with Crippen molar-refractivity contribution in [3.05, 3.63) is 59.1 Å². The molecule has 0 aromatic heterocycles. The van der Waals surface area contributed by atoms with Crippen LogP contribution in [-0.4, -0.2) is 8.42 Å². The van der Waals surface area contributed by atoms with Gasteiger partial charge in [-0.2, -0.15) is 0 Å². The summed E-state index contributed by atoms with van der Waals surface area (Å²) in [5.74, 6) is 0. The van der Waals surface area contributed by atoms with E-state index < -0.39 is 9.84 Å². The van der Waals surface area contributed by atoms with Gasteiger partial charge in [0.2, 0.25) is 9.84 Å². The zero-order valence-corrected chi connectivity index (χ0v) is 10.8. The monoisotopic (exact) mass is 266 g/mol. The van der Waals surface area contributed by atoms with Crippen LogP contribution in [0.4, 0.5) is 0 Å². The van der Waals surface area contributed by atoms with E-state index in [1.807, 2.05) is 13.0 Å². The van der Waals surface area contributed by atoms with Gasteiger partial charge in [-0.05, 0) is 48.9 Å². The molecule has 17 heavy (non-hydrogen) atoms. The SMILES string of the molecule is Cc1cccc(S(=O)(=O)c2ccc(Cl)cc2)c1. The van der Waals surface area contributed by atoms with E-state index in [0.717, 1.165) is 5.56 Å². The van der Waals surface area contributed by atoms with Crippen LogP contribution in [-0.2, 0) is 9.84 Å². The quantitative estimate of drug-likeness (QED) is 0.834. The van der Waals surface area contributed by atoms with Crippen LogP contribution in [0.25, 0.3) is 0 Å². The van der Waals surface area contributed by atoms with E-state index in [2.05, 4.69) is 0 Å². The molecule has 0 heterocycles. The largest absolute Gasteiger partial charge is 0.219 e. The Labute approximate surface area is 106 Å². The molecular formula is C13H11ClO2S. The van der Waals surface area contributed by atoms with Gasteiger partial charge in [0, 0.05) is 5.02 Å². The second-order valence-electron chi connectivity index (χ2n) is 3.77. The Kier molecular flexibility index (Phi) is 3.22. The lowest BCUT2D eigenvalue weighted by atomic mass is 10.2. The van der Waals surface area contributed by atoms with E-state index in [1.54, 1.807) is 30.3 Å². The number of hydrogen-bond acceptors (Lipinski definition) is 2. The Morgan fingerprint density at radius 1 is 0.941 bits per heavy atom. The molecule has 0 saturated carbocycles. The Hall–Kier alpha value is -1.32. The first-order chi connectivity index (χ1) is 8.00. The van der Waals surface area contributed by atoms with Gasteiger partial charge >= 0.3 is 0 Å². The molecule has 0 radical (unpaired) electrons. The van der Waals surface area contributed by atoms with Gasteiger partial charge in [0.05, 0.1) is 9.79 Å². The molecule has 0 aliphatic rings. The van der Waals surface area contributed by atoms with Crippen LogP contribution >= 0.6 is 11.6 Å². The topological polar surface area (TPSA) is 34.1 Å². The first-order valence-electron chi connectivity index (χ1n) is 5.07. The van der Waals surface area contributed by atoms with E-state index in [0.29, 0.717) is 9.92 Å². The normalized spacial score (nSPS) is 11.4. The molecular weight excluding hydrogens is 256 g/mol. The zero-order valence-electron chi connectivity index (χ0n) is 9.22. The van der Waals surface area contributed by atoms with E-state index >= 15 is 0 Å². The summed E-state index contributed by atoms with van der Waals surface area (Å²) in [5.41, 5.74) is 0.917. The van der Waals surface area contributed by atoms with Crippen molar-refractivity contribution < 1.29 is 8.42 Å². The van der Waals surface area contributed by atoms with Crippen molar-refractivity contribution in [3.63, 3.8) is 0 Å². The summed E-state index contributed by atoms with van der Waals surface area (Å²) in [6, 6.07) is 13.0. The molecule has 2 aromatic rings. The molecule has 4 heteroatoms. The van der Waals surface area contributed by atoms with E-state index in [1.165, 1.54) is 12.1 Å². The highest BCUT2D eigenvalue weighted by molar-refractivity contribution is 7.91. The Morgan fingerprint density at radius 3 is 2.18 bits per heavy atom. The fourth-order valence-corrected chi connectivity index (χ4v) is 3.02. The third-order valence-corrected chi connectivity index (χ3v) is 4.44. The molecule has 0 N–H and O–H groups in total. The second-order valence-corrected chi connectivity index (χ2v) is 6.16. The van der Waals surface area contributed by atoms with Crippen LogP contribution in [0.15, 0.2) is 58.3 Å². The van der Waals surface area contributed by atoms with Crippen molar-refractivity contribution in [2.24, 2.45) is 0 Å². The van der Waals surface area contributed by atoms with E-state index in [9.17, 15) is 8.42 Å². The van der Waals surface area contributed by atoms with E-state index in [-0.39, 0.29) is 4.90 Å². The number of hydrogen-bond donors (Lipinski definition) is 0. The first-order valence-corrected chi connectivity index (χ1v) is 6.93. The standard InChI is InChI=1S/C13H11ClO2S/c1-10-3-2-4-13(9-10)17(15,16)12-7-5-11(14)6-8-12/h2-9H,1H3. The van der Waals surface area contributed by atoms with Gasteiger partial charge in [-0.15, -0.1) is 0 Å². The summed E-state index contributed by atoms with van der Waals surface area (Å²) in [7, 11) is -3.44. The van der Waals surface area contributed by atoms with Crippen LogP contribution in [0.5, 0.6) is 0 Å². The smallest absolute Gasteiger partial charge is 0.206 e. The lowest BCUT2D eigenvalue weighted by Gasteiger charge is -2.05. The number of halogens is 1. The summed E-state index contributed by atoms with van der Waals surface area (Å²) in [4.78, 5) is 0.562. The predicted octanol–water partition coefficient (Wildman–Crippen LogP) is 3.48. The van der Waals surface area contributed by atoms with Gasteiger partial charge in [-0.25, -0.2) is 8.42 Å². The second kappa shape index (κ2) is 4.51. The van der Waals surface area contributed by atoms with Gasteiger partial charge in [-0.1, -0.05) is 23.7 Å². The minimum Gasteiger partial charge on any atom is -0.219 e. The van der Waals surface area contributed by atoms with Crippen LogP contribution in [0, 0.1) is 6.92 Å². The van der Waals surface area contributed by atoms with Crippen LogP contribution in [0.2, 0.25) is 5.02 Å². The number of benzene rings is 2. The maximum Gasteiger partial charge on any atom is 0.206 e. The van der Waals surface area contributed by atoms with Crippen molar-refractivity contribution in [1.29, 1.82) is 0 Å². The molecule has 2 rings (SSSR count). The molecule has 0 saturated heterocycles. The minimum absolute atomic E-state index is 0.257. The lowest BCUT2D eigenvalue weighted by Crippen LogP contribution is -2.01. The molecule has 0 amide bonds. The maximum atomic E-state index is 12.3. The van der Waals surface area contributed by atoms with Crippen molar-refractivity contribution >= 4 is 21.4 Å². The highest BCUT2D eigenvalue weighted by atomic mass is 35.5. The Balaban J connectivity index is 2.54. The predicted molar refractivity (Wildman–Crippen MR) is 68.1 cm³/mol. The van der Waals surface area contributed by atoms with Crippen LogP contribution in [0.3, 0.4) is 0 Å². The average molecular weight is 267 g/mol. The Bertz CT molecular complexity index is 631. The third kappa shape index (κ3) is 2.51. The minimum atomic E-state index is -3.44. The zero-order chi connectivity index (χ0) is 12.5. The Morgan fingerprint density at radius 2 is 1.59 bits per heavy atom. The number of aryl methyl sites for hydroxylation is 1. The molecule has 2 nitrogen and oxygen atoms in total. The fourth-order valence-electron chi connectivity index (χ4n) is 1.53. The molecule has 0 fully saturated rings. The lowest BCUT2D eigenvalue weighted by molar-refractivity contribution is 0.596. The fraction of sp³-hybridized carbons (Fsp3) is 0.0769. The van der Waals surface area contributed by atoms with Crippen molar-refractivity contribution in [1.82, 2.24) is 0 Å². The van der Waals surface area contributed by atoms with Crippen LogP contribution in [0.1, 0.15) is 5.56 Å². The highest BCUT2D eigenvalue weighted by Gasteiger charge is 2.17. The molecule has 0 bridgehead atoms.